The molecule has 0 amide bonds. The van der Waals surface area contributed by atoms with Crippen LogP contribution in [0.3, 0.4) is 0 Å². The van der Waals surface area contributed by atoms with Crippen LogP contribution in [0, 0.1) is 0 Å². The van der Waals surface area contributed by atoms with Gasteiger partial charge in [-0.3, -0.25) is 0 Å². The van der Waals surface area contributed by atoms with E-state index >= 15 is 0 Å². The summed E-state index contributed by atoms with van der Waals surface area (Å²) in [6, 6.07) is 2.10. The van der Waals surface area contributed by atoms with Crippen molar-refractivity contribution in [2.45, 2.75) is 13.0 Å². The third-order valence-corrected chi connectivity index (χ3v) is 3.97. The number of hydrogen-bond acceptors (Lipinski definition) is 5. The molecule has 21 heavy (non-hydrogen) atoms. The van der Waals surface area contributed by atoms with Gasteiger partial charge in [0.25, 0.3) is 0 Å². The highest BCUT2D eigenvalue weighted by atomic mass is 16.5. The maximum atomic E-state index is 5.66. The van der Waals surface area contributed by atoms with Gasteiger partial charge < -0.3 is 24.6 Å². The largest absolute Gasteiger partial charge is 0.493 e. The zero-order valence-electron chi connectivity index (χ0n) is 13.8. The molecule has 0 spiro atoms. The summed E-state index contributed by atoms with van der Waals surface area (Å²) in [7, 11) is 9.73. The number of nitrogens with one attached hydrogen (secondary N) is 1. The molecule has 0 bridgehead atoms. The van der Waals surface area contributed by atoms with Gasteiger partial charge in [-0.1, -0.05) is 0 Å². The Kier molecular flexibility index (Phi) is 5.31. The summed E-state index contributed by atoms with van der Waals surface area (Å²) in [5.41, 5.74) is 3.87. The Morgan fingerprint density at radius 3 is 2.52 bits per heavy atom. The molecule has 0 radical (unpaired) electrons. The van der Waals surface area contributed by atoms with E-state index < -0.39 is 0 Å². The van der Waals surface area contributed by atoms with Crippen LogP contribution >= 0.6 is 0 Å². The van der Waals surface area contributed by atoms with Crippen molar-refractivity contribution in [2.24, 2.45) is 0 Å². The number of nitrogens with zero attached hydrogens (tertiary/aromatic N) is 2. The Hall–Kier alpha value is -1.46. The highest BCUT2D eigenvalue weighted by Crippen LogP contribution is 2.43. The molecule has 0 fully saturated rings. The molecule has 5 nitrogen and oxygen atoms in total. The van der Waals surface area contributed by atoms with Gasteiger partial charge in [0.15, 0.2) is 11.5 Å². The zero-order chi connectivity index (χ0) is 15.4. The number of fused-ring (bicyclic) bond motifs is 1. The molecule has 0 aromatic heterocycles. The molecule has 2 rings (SSSR count). The monoisotopic (exact) mass is 293 g/mol. The van der Waals surface area contributed by atoms with E-state index in [4.69, 9.17) is 9.47 Å². The molecule has 118 valence electrons. The van der Waals surface area contributed by atoms with E-state index in [0.29, 0.717) is 0 Å². The molecule has 1 aromatic rings. The first-order chi connectivity index (χ1) is 10.1. The van der Waals surface area contributed by atoms with Gasteiger partial charge in [0.2, 0.25) is 0 Å². The molecule has 1 aromatic carbocycles. The Bertz CT molecular complexity index is 475. The second-order valence-corrected chi connectivity index (χ2v) is 5.75. The Morgan fingerprint density at radius 2 is 1.90 bits per heavy atom. The number of ether oxygens (including phenoxy) is 2. The molecule has 0 aliphatic carbocycles. The van der Waals surface area contributed by atoms with E-state index in [-0.39, 0.29) is 0 Å². The summed E-state index contributed by atoms with van der Waals surface area (Å²) in [6.07, 6.45) is 1.03. The minimum absolute atomic E-state index is 0.812. The molecular formula is C16H27N3O2. The number of hydrogen-bond donors (Lipinski definition) is 1. The fourth-order valence-corrected chi connectivity index (χ4v) is 2.80. The average Bonchev–Trinajstić information content (AvgIpc) is 2.50. The number of benzene rings is 1. The van der Waals surface area contributed by atoms with Crippen LogP contribution in [0.5, 0.6) is 11.5 Å². The fraction of sp³-hybridized carbons (Fsp3) is 0.625. The molecule has 1 aliphatic heterocycles. The molecule has 0 saturated carbocycles. The first-order valence-corrected chi connectivity index (χ1v) is 7.41. The Balaban J connectivity index is 2.44. The van der Waals surface area contributed by atoms with Crippen molar-refractivity contribution >= 4 is 5.69 Å². The first kappa shape index (κ1) is 15.9. The SMILES string of the molecule is COc1cc2c(c(N(C)CCN(C)C)c1OC)CCNC2. The summed E-state index contributed by atoms with van der Waals surface area (Å²) in [5.74, 6) is 1.66. The van der Waals surface area contributed by atoms with Crippen LogP contribution in [0.2, 0.25) is 0 Å². The molecule has 0 saturated heterocycles. The van der Waals surface area contributed by atoms with Crippen LogP contribution in [0.25, 0.3) is 0 Å². The maximum absolute atomic E-state index is 5.66. The van der Waals surface area contributed by atoms with Gasteiger partial charge in [-0.25, -0.2) is 0 Å². The van der Waals surface area contributed by atoms with Crippen LogP contribution in [0.15, 0.2) is 6.07 Å². The highest BCUT2D eigenvalue weighted by Gasteiger charge is 2.23. The minimum atomic E-state index is 0.812. The Labute approximate surface area is 127 Å². The van der Waals surface area contributed by atoms with Crippen LogP contribution < -0.4 is 19.7 Å². The Morgan fingerprint density at radius 1 is 1.14 bits per heavy atom. The lowest BCUT2D eigenvalue weighted by atomic mass is 9.97. The lowest BCUT2D eigenvalue weighted by molar-refractivity contribution is 0.353. The third kappa shape index (κ3) is 3.41. The molecule has 1 N–H and O–H groups in total. The third-order valence-electron chi connectivity index (χ3n) is 3.97. The van der Waals surface area contributed by atoms with Crippen molar-refractivity contribution in [1.82, 2.24) is 10.2 Å². The second kappa shape index (κ2) is 7.00. The number of rotatable bonds is 6. The van der Waals surface area contributed by atoms with Gasteiger partial charge in [0, 0.05) is 26.7 Å². The quantitative estimate of drug-likeness (QED) is 0.857. The van der Waals surface area contributed by atoms with Crippen molar-refractivity contribution in [1.29, 1.82) is 0 Å². The average molecular weight is 293 g/mol. The van der Waals surface area contributed by atoms with E-state index in [1.807, 2.05) is 0 Å². The summed E-state index contributed by atoms with van der Waals surface area (Å²) in [5, 5.41) is 3.42. The standard InChI is InChI=1S/C16H27N3O2/c1-18(2)8-9-19(3)15-13-6-7-17-11-12(13)10-14(20-4)16(15)21-5/h10,17H,6-9,11H2,1-5H3. The van der Waals surface area contributed by atoms with Gasteiger partial charge >= 0.3 is 0 Å². The topological polar surface area (TPSA) is 37.0 Å². The van der Waals surface area contributed by atoms with Crippen molar-refractivity contribution < 1.29 is 9.47 Å². The van der Waals surface area contributed by atoms with Gasteiger partial charge in [-0.2, -0.15) is 0 Å². The van der Waals surface area contributed by atoms with Crippen LogP contribution in [-0.4, -0.2) is 59.9 Å². The van der Waals surface area contributed by atoms with Crippen molar-refractivity contribution in [3.05, 3.63) is 17.2 Å². The maximum Gasteiger partial charge on any atom is 0.184 e. The summed E-state index contributed by atoms with van der Waals surface area (Å²) in [4.78, 5) is 4.47. The van der Waals surface area contributed by atoms with E-state index in [0.717, 1.165) is 44.1 Å². The summed E-state index contributed by atoms with van der Waals surface area (Å²) < 4.78 is 11.2. The number of likely N-dealkylation sites (N-methyl/N-ethyl adjacent to an activating group) is 2. The normalized spacial score (nSPS) is 14.0. The zero-order valence-corrected chi connectivity index (χ0v) is 13.8. The van der Waals surface area contributed by atoms with Crippen LogP contribution in [0.4, 0.5) is 5.69 Å². The molecular weight excluding hydrogens is 266 g/mol. The van der Waals surface area contributed by atoms with Gasteiger partial charge in [-0.05, 0) is 44.3 Å². The van der Waals surface area contributed by atoms with Gasteiger partial charge in [0.05, 0.1) is 19.9 Å². The van der Waals surface area contributed by atoms with Gasteiger partial charge in [-0.15, -0.1) is 0 Å². The second-order valence-electron chi connectivity index (χ2n) is 5.75. The summed E-state index contributed by atoms with van der Waals surface area (Å²) >= 11 is 0. The predicted molar refractivity (Wildman–Crippen MR) is 86.8 cm³/mol. The molecule has 1 heterocycles. The summed E-state index contributed by atoms with van der Waals surface area (Å²) in [6.45, 7) is 3.86. The predicted octanol–water partition coefficient (Wildman–Crippen LogP) is 1.35. The molecule has 0 unspecified atom stereocenters. The lowest BCUT2D eigenvalue weighted by Crippen LogP contribution is -2.32. The van der Waals surface area contributed by atoms with Crippen LogP contribution in [-0.2, 0) is 13.0 Å². The van der Waals surface area contributed by atoms with Crippen molar-refractivity contribution in [2.75, 3.05) is 59.9 Å². The smallest absolute Gasteiger partial charge is 0.184 e. The van der Waals surface area contributed by atoms with E-state index in [2.05, 4.69) is 42.3 Å². The first-order valence-electron chi connectivity index (χ1n) is 7.41. The molecule has 0 atom stereocenters. The highest BCUT2D eigenvalue weighted by molar-refractivity contribution is 5.71. The van der Waals surface area contributed by atoms with E-state index in [1.165, 1.54) is 16.8 Å². The number of anilines is 1. The minimum Gasteiger partial charge on any atom is -0.493 e. The lowest BCUT2D eigenvalue weighted by Gasteiger charge is -2.30. The van der Waals surface area contributed by atoms with E-state index in [1.54, 1.807) is 14.2 Å². The van der Waals surface area contributed by atoms with Crippen molar-refractivity contribution in [3.63, 3.8) is 0 Å². The van der Waals surface area contributed by atoms with Crippen LogP contribution in [0.1, 0.15) is 11.1 Å². The number of methoxy groups -OCH3 is 2. The van der Waals surface area contributed by atoms with Crippen molar-refractivity contribution in [3.8, 4) is 11.5 Å². The molecule has 5 heteroatoms. The van der Waals surface area contributed by atoms with E-state index in [9.17, 15) is 0 Å². The van der Waals surface area contributed by atoms with Gasteiger partial charge in [0.1, 0.15) is 0 Å². The fourth-order valence-electron chi connectivity index (χ4n) is 2.80. The molecule has 1 aliphatic rings.